The first-order valence-corrected chi connectivity index (χ1v) is 12.4. The van der Waals surface area contributed by atoms with Crippen LogP contribution in [0.5, 0.6) is 5.75 Å². The predicted octanol–water partition coefficient (Wildman–Crippen LogP) is 4.53. The average Bonchev–Trinajstić information content (AvgIpc) is 2.86. The molecule has 0 radical (unpaired) electrons. The first-order chi connectivity index (χ1) is 16.9. The molecule has 2 aliphatic rings. The first kappa shape index (κ1) is 22.6. The van der Waals surface area contributed by atoms with Crippen LogP contribution >= 0.6 is 0 Å². The number of rotatable bonds is 4. The summed E-state index contributed by atoms with van der Waals surface area (Å²) in [5.41, 5.74) is 9.65. The number of sulfonamides is 1. The van der Waals surface area contributed by atoms with Gasteiger partial charge in [0.2, 0.25) is 5.88 Å². The Morgan fingerprint density at radius 1 is 1.06 bits per heavy atom. The van der Waals surface area contributed by atoms with Crippen LogP contribution in [-0.2, 0) is 21.3 Å². The van der Waals surface area contributed by atoms with E-state index >= 15 is 0 Å². The Labute approximate surface area is 204 Å². The maximum atomic E-state index is 14.4. The lowest BCUT2D eigenvalue weighted by molar-refractivity contribution is 0.355. The van der Waals surface area contributed by atoms with Gasteiger partial charge in [-0.1, -0.05) is 54.6 Å². The van der Waals surface area contributed by atoms with Gasteiger partial charge in [0.1, 0.15) is 22.3 Å². The minimum atomic E-state index is -4.15. The van der Waals surface area contributed by atoms with Gasteiger partial charge in [-0.25, -0.2) is 8.42 Å². The van der Waals surface area contributed by atoms with Gasteiger partial charge < -0.3 is 15.2 Å². The lowest BCUT2D eigenvalue weighted by Gasteiger charge is -2.38. The predicted molar refractivity (Wildman–Crippen MR) is 133 cm³/mol. The quantitative estimate of drug-likeness (QED) is 0.582. The lowest BCUT2D eigenvalue weighted by Crippen LogP contribution is -2.39. The van der Waals surface area contributed by atoms with Crippen molar-refractivity contribution in [2.45, 2.75) is 19.4 Å². The van der Waals surface area contributed by atoms with Crippen molar-refractivity contribution in [1.82, 2.24) is 0 Å². The lowest BCUT2D eigenvalue weighted by atomic mass is 9.87. The maximum Gasteiger partial charge on any atom is 0.265 e. The third-order valence-corrected chi connectivity index (χ3v) is 8.27. The average molecular weight is 486 g/mol. The van der Waals surface area contributed by atoms with E-state index in [0.29, 0.717) is 22.6 Å². The van der Waals surface area contributed by atoms with E-state index in [0.717, 1.165) is 11.1 Å². The second-order valence-electron chi connectivity index (χ2n) is 8.32. The molecule has 5 rings (SSSR count). The highest BCUT2D eigenvalue weighted by atomic mass is 32.2. The van der Waals surface area contributed by atoms with Crippen molar-refractivity contribution in [1.29, 1.82) is 5.26 Å². The summed E-state index contributed by atoms with van der Waals surface area (Å²) in [5.74, 6) is -0.530. The molecule has 3 aromatic carbocycles. The zero-order valence-corrected chi connectivity index (χ0v) is 20.0. The SMILES string of the molecule is COc1ccccc1[C@@H]1C(C#N)=C(N)OC2=C1S(=O)(=O)N(Cc1ccccc1C)c1ccccc12. The number of fused-ring (bicyclic) bond motifs is 2. The molecule has 7 nitrogen and oxygen atoms in total. The Morgan fingerprint density at radius 3 is 2.49 bits per heavy atom. The molecule has 0 aliphatic carbocycles. The molecule has 2 heterocycles. The normalized spacial score (nSPS) is 18.3. The highest BCUT2D eigenvalue weighted by Gasteiger charge is 2.47. The molecule has 0 aromatic heterocycles. The fourth-order valence-corrected chi connectivity index (χ4v) is 6.53. The number of para-hydroxylation sites is 2. The van der Waals surface area contributed by atoms with E-state index in [1.807, 2.05) is 37.3 Å². The minimum Gasteiger partial charge on any atom is -0.496 e. The van der Waals surface area contributed by atoms with Crippen molar-refractivity contribution < 1.29 is 17.9 Å². The monoisotopic (exact) mass is 485 g/mol. The molecule has 0 bridgehead atoms. The van der Waals surface area contributed by atoms with E-state index in [1.165, 1.54) is 11.4 Å². The number of anilines is 1. The molecule has 3 aromatic rings. The maximum absolute atomic E-state index is 14.4. The molecule has 0 fully saturated rings. The summed E-state index contributed by atoms with van der Waals surface area (Å²) in [6.07, 6.45) is 0. The number of benzene rings is 3. The van der Waals surface area contributed by atoms with Crippen LogP contribution in [0.15, 0.2) is 89.2 Å². The van der Waals surface area contributed by atoms with Gasteiger partial charge in [0.05, 0.1) is 25.3 Å². The van der Waals surface area contributed by atoms with Gasteiger partial charge in [-0.15, -0.1) is 0 Å². The van der Waals surface area contributed by atoms with Gasteiger partial charge in [0.25, 0.3) is 10.0 Å². The van der Waals surface area contributed by atoms with Crippen LogP contribution in [0.2, 0.25) is 0 Å². The molecule has 0 saturated carbocycles. The number of nitrogens with zero attached hydrogens (tertiary/aromatic N) is 2. The Morgan fingerprint density at radius 2 is 1.74 bits per heavy atom. The molecular formula is C27H23N3O4S. The summed E-state index contributed by atoms with van der Waals surface area (Å²) < 4.78 is 41.5. The molecule has 35 heavy (non-hydrogen) atoms. The number of allylic oxidation sites excluding steroid dienone is 2. The second-order valence-corrected chi connectivity index (χ2v) is 10.1. The van der Waals surface area contributed by atoms with Crippen LogP contribution in [0.25, 0.3) is 5.76 Å². The van der Waals surface area contributed by atoms with Crippen molar-refractivity contribution in [2.24, 2.45) is 5.73 Å². The third kappa shape index (κ3) is 3.52. The van der Waals surface area contributed by atoms with Gasteiger partial charge in [0.15, 0.2) is 5.76 Å². The van der Waals surface area contributed by atoms with E-state index < -0.39 is 15.9 Å². The molecule has 0 spiro atoms. The summed E-state index contributed by atoms with van der Waals surface area (Å²) >= 11 is 0. The first-order valence-electron chi connectivity index (χ1n) is 11.0. The minimum absolute atomic E-state index is 0.0204. The standard InChI is InChI=1S/C27H23N3O4S/c1-17-9-3-4-10-18(17)16-30-22-13-7-5-11-19(22)25-26(35(30,31)32)24(21(15-28)27(29)34-25)20-12-6-8-14-23(20)33-2/h3-14,24H,16,29H2,1-2H3/t24-/m1/s1. The van der Waals surface area contributed by atoms with Gasteiger partial charge in [-0.05, 0) is 36.2 Å². The fraction of sp³-hybridized carbons (Fsp3) is 0.148. The summed E-state index contributed by atoms with van der Waals surface area (Å²) in [6, 6.07) is 23.9. The molecule has 2 N–H and O–H groups in total. The van der Waals surface area contributed by atoms with E-state index in [2.05, 4.69) is 6.07 Å². The van der Waals surface area contributed by atoms with Crippen LogP contribution in [0.3, 0.4) is 0 Å². The topological polar surface area (TPSA) is 106 Å². The zero-order valence-electron chi connectivity index (χ0n) is 19.2. The van der Waals surface area contributed by atoms with E-state index in [1.54, 1.807) is 42.5 Å². The highest BCUT2D eigenvalue weighted by molar-refractivity contribution is 7.96. The molecule has 2 aliphatic heterocycles. The molecule has 1 atom stereocenters. The van der Waals surface area contributed by atoms with Crippen molar-refractivity contribution in [3.8, 4) is 11.8 Å². The number of hydrogen-bond donors (Lipinski definition) is 1. The van der Waals surface area contributed by atoms with Crippen molar-refractivity contribution >= 4 is 21.5 Å². The highest BCUT2D eigenvalue weighted by Crippen LogP contribution is 2.52. The van der Waals surface area contributed by atoms with Crippen LogP contribution in [-0.4, -0.2) is 15.5 Å². The zero-order chi connectivity index (χ0) is 24.7. The van der Waals surface area contributed by atoms with Gasteiger partial charge >= 0.3 is 0 Å². The Bertz CT molecular complexity index is 1550. The number of nitrogens with two attached hydrogens (primary N) is 1. The molecule has 8 heteroatoms. The Kier molecular flexibility index (Phi) is 5.50. The Balaban J connectivity index is 1.79. The van der Waals surface area contributed by atoms with Crippen LogP contribution in [0.4, 0.5) is 5.69 Å². The Hall–Kier alpha value is -4.22. The van der Waals surface area contributed by atoms with Gasteiger partial charge in [-0.3, -0.25) is 4.31 Å². The molecule has 0 saturated heterocycles. The van der Waals surface area contributed by atoms with E-state index in [4.69, 9.17) is 15.2 Å². The summed E-state index contributed by atoms with van der Waals surface area (Å²) in [4.78, 5) is -0.0277. The molecule has 0 unspecified atom stereocenters. The molecule has 176 valence electrons. The summed E-state index contributed by atoms with van der Waals surface area (Å²) in [7, 11) is -2.65. The summed E-state index contributed by atoms with van der Waals surface area (Å²) in [5, 5.41) is 10.0. The number of nitriles is 1. The number of aryl methyl sites for hydroxylation is 1. The number of hydrogen-bond acceptors (Lipinski definition) is 6. The van der Waals surface area contributed by atoms with Crippen molar-refractivity contribution in [3.63, 3.8) is 0 Å². The van der Waals surface area contributed by atoms with Crippen LogP contribution in [0.1, 0.15) is 28.2 Å². The van der Waals surface area contributed by atoms with Crippen LogP contribution in [0, 0.1) is 18.3 Å². The second kappa shape index (κ2) is 8.53. The van der Waals surface area contributed by atoms with Crippen molar-refractivity contribution in [2.75, 3.05) is 11.4 Å². The van der Waals surface area contributed by atoms with Gasteiger partial charge in [0, 0.05) is 11.1 Å². The van der Waals surface area contributed by atoms with Gasteiger partial charge in [-0.2, -0.15) is 5.26 Å². The van der Waals surface area contributed by atoms with Crippen LogP contribution < -0.4 is 14.8 Å². The smallest absolute Gasteiger partial charge is 0.265 e. The number of ether oxygens (including phenoxy) is 2. The fourth-order valence-electron chi connectivity index (χ4n) is 4.64. The molecular weight excluding hydrogens is 462 g/mol. The largest absolute Gasteiger partial charge is 0.496 e. The van der Waals surface area contributed by atoms with Crippen molar-refractivity contribution in [3.05, 3.63) is 111 Å². The molecule has 0 amide bonds. The summed E-state index contributed by atoms with van der Waals surface area (Å²) in [6.45, 7) is 2.07. The third-order valence-electron chi connectivity index (χ3n) is 6.38. The van der Waals surface area contributed by atoms with E-state index in [-0.39, 0.29) is 28.7 Å². The number of methoxy groups -OCH3 is 1. The van der Waals surface area contributed by atoms with E-state index in [9.17, 15) is 13.7 Å².